The summed E-state index contributed by atoms with van der Waals surface area (Å²) in [6.45, 7) is 5.86. The van der Waals surface area contributed by atoms with Crippen LogP contribution in [0.15, 0.2) is 91.0 Å². The van der Waals surface area contributed by atoms with E-state index < -0.39 is 11.4 Å². The Bertz CT molecular complexity index is 977. The number of ether oxygens (including phenoxy) is 1. The molecule has 0 aromatic heterocycles. The van der Waals surface area contributed by atoms with Gasteiger partial charge in [-0.15, -0.1) is 0 Å². The summed E-state index contributed by atoms with van der Waals surface area (Å²) in [5.74, 6) is -0.150. The molecule has 148 valence electrons. The van der Waals surface area contributed by atoms with Crippen LogP contribution in [0.2, 0.25) is 0 Å². The third-order valence-electron chi connectivity index (χ3n) is 5.42. The van der Waals surface area contributed by atoms with Crippen molar-refractivity contribution >= 4 is 5.97 Å². The van der Waals surface area contributed by atoms with Crippen LogP contribution in [0.3, 0.4) is 0 Å². The lowest BCUT2D eigenvalue weighted by molar-refractivity contribution is -0.142. The van der Waals surface area contributed by atoms with Crippen molar-refractivity contribution in [3.05, 3.63) is 113 Å². The van der Waals surface area contributed by atoms with Gasteiger partial charge in [0.1, 0.15) is 11.2 Å². The third-order valence-corrected chi connectivity index (χ3v) is 5.42. The smallest absolute Gasteiger partial charge is 0.318 e. The normalized spacial score (nSPS) is 12.8. The van der Waals surface area contributed by atoms with Gasteiger partial charge in [0.05, 0.1) is 7.11 Å². The van der Waals surface area contributed by atoms with E-state index in [1.807, 2.05) is 66.7 Å². The summed E-state index contributed by atoms with van der Waals surface area (Å²) in [5, 5.41) is 10.3. The van der Waals surface area contributed by atoms with Gasteiger partial charge in [-0.2, -0.15) is 0 Å². The quantitative estimate of drug-likeness (QED) is 0.525. The molecule has 0 aliphatic heterocycles. The summed E-state index contributed by atoms with van der Waals surface area (Å²) in [5.41, 5.74) is 3.16. The van der Waals surface area contributed by atoms with Gasteiger partial charge in [0.15, 0.2) is 0 Å². The first-order valence-electron chi connectivity index (χ1n) is 9.62. The number of hydrogen-bond acceptors (Lipinski definition) is 2. The van der Waals surface area contributed by atoms with Gasteiger partial charge in [0.25, 0.3) is 0 Å². The second kappa shape index (κ2) is 8.78. The topological polar surface area (TPSA) is 46.5 Å². The monoisotopic (exact) mass is 386 g/mol. The Hall–Kier alpha value is -3.33. The SMILES string of the molecule is C=C(C)C(Cc1ccccc1)(C(=O)O)c1ccc(OC)c(Cc2ccccc2)c1. The van der Waals surface area contributed by atoms with Crippen LogP contribution in [0.5, 0.6) is 5.75 Å². The molecule has 0 bridgehead atoms. The molecular formula is C26H26O3. The van der Waals surface area contributed by atoms with Crippen molar-refractivity contribution < 1.29 is 14.6 Å². The number of benzene rings is 3. The van der Waals surface area contributed by atoms with Crippen LogP contribution in [0.25, 0.3) is 0 Å². The van der Waals surface area contributed by atoms with Gasteiger partial charge in [0.2, 0.25) is 0 Å². The number of carbonyl (C=O) groups is 1. The molecule has 0 spiro atoms. The minimum Gasteiger partial charge on any atom is -0.496 e. The molecule has 3 nitrogen and oxygen atoms in total. The van der Waals surface area contributed by atoms with Crippen LogP contribution in [-0.4, -0.2) is 18.2 Å². The summed E-state index contributed by atoms with van der Waals surface area (Å²) in [6, 6.07) is 25.4. The summed E-state index contributed by atoms with van der Waals surface area (Å²) in [6.07, 6.45) is 1.00. The molecule has 1 N–H and O–H groups in total. The maximum absolute atomic E-state index is 12.6. The maximum Gasteiger partial charge on any atom is 0.318 e. The van der Waals surface area contributed by atoms with Crippen molar-refractivity contribution in [2.75, 3.05) is 7.11 Å². The van der Waals surface area contributed by atoms with Gasteiger partial charge in [-0.1, -0.05) is 84.9 Å². The minimum atomic E-state index is -1.21. The lowest BCUT2D eigenvalue weighted by atomic mass is 9.70. The van der Waals surface area contributed by atoms with Crippen molar-refractivity contribution in [3.8, 4) is 5.75 Å². The van der Waals surface area contributed by atoms with Crippen LogP contribution < -0.4 is 4.74 Å². The molecule has 3 aromatic rings. The fourth-order valence-corrected chi connectivity index (χ4v) is 3.78. The molecule has 0 fully saturated rings. The van der Waals surface area contributed by atoms with Crippen molar-refractivity contribution in [3.63, 3.8) is 0 Å². The van der Waals surface area contributed by atoms with Crippen molar-refractivity contribution in [2.45, 2.75) is 25.2 Å². The fraction of sp³-hybridized carbons (Fsp3) is 0.192. The van der Waals surface area contributed by atoms with Crippen LogP contribution in [0.4, 0.5) is 0 Å². The maximum atomic E-state index is 12.6. The van der Waals surface area contributed by atoms with Gasteiger partial charge in [-0.3, -0.25) is 4.79 Å². The van der Waals surface area contributed by atoms with E-state index in [-0.39, 0.29) is 0 Å². The van der Waals surface area contributed by atoms with Crippen LogP contribution >= 0.6 is 0 Å². The molecule has 3 aromatic carbocycles. The molecule has 0 amide bonds. The molecule has 1 unspecified atom stereocenters. The number of rotatable bonds is 8. The van der Waals surface area contributed by atoms with Gasteiger partial charge in [-0.05, 0) is 41.7 Å². The summed E-state index contributed by atoms with van der Waals surface area (Å²) in [4.78, 5) is 12.6. The highest BCUT2D eigenvalue weighted by Crippen LogP contribution is 2.38. The second-order valence-electron chi connectivity index (χ2n) is 7.34. The zero-order valence-corrected chi connectivity index (χ0v) is 16.9. The highest BCUT2D eigenvalue weighted by Gasteiger charge is 2.41. The summed E-state index contributed by atoms with van der Waals surface area (Å²) >= 11 is 0. The van der Waals surface area contributed by atoms with E-state index in [2.05, 4.69) is 18.7 Å². The fourth-order valence-electron chi connectivity index (χ4n) is 3.78. The third kappa shape index (κ3) is 4.24. The Kier molecular flexibility index (Phi) is 6.18. The molecule has 0 saturated heterocycles. The minimum absolute atomic E-state index is 0.343. The number of aliphatic carboxylic acids is 1. The standard InChI is InChI=1S/C26H26O3/c1-19(2)26(25(27)28,18-21-12-8-5-9-13-21)23-14-15-24(29-3)22(17-23)16-20-10-6-4-7-11-20/h4-15,17H,1,16,18H2,2-3H3,(H,27,28). The highest BCUT2D eigenvalue weighted by atomic mass is 16.5. The Labute approximate surface area is 172 Å². The first kappa shape index (κ1) is 20.4. The lowest BCUT2D eigenvalue weighted by Crippen LogP contribution is -2.39. The van der Waals surface area contributed by atoms with Crippen molar-refractivity contribution in [2.24, 2.45) is 0 Å². The van der Waals surface area contributed by atoms with E-state index in [1.165, 1.54) is 0 Å². The first-order valence-corrected chi connectivity index (χ1v) is 9.62. The molecule has 3 rings (SSSR count). The molecule has 0 aliphatic rings. The van der Waals surface area contributed by atoms with E-state index in [0.717, 1.165) is 22.4 Å². The Morgan fingerprint density at radius 3 is 2.07 bits per heavy atom. The molecule has 0 heterocycles. The van der Waals surface area contributed by atoms with Crippen LogP contribution in [0, 0.1) is 0 Å². The lowest BCUT2D eigenvalue weighted by Gasteiger charge is -2.31. The largest absolute Gasteiger partial charge is 0.496 e. The van der Waals surface area contributed by atoms with E-state index in [1.54, 1.807) is 14.0 Å². The first-order chi connectivity index (χ1) is 14.0. The highest BCUT2D eigenvalue weighted by molar-refractivity contribution is 5.86. The number of methoxy groups -OCH3 is 1. The zero-order valence-electron chi connectivity index (χ0n) is 16.9. The average Bonchev–Trinajstić information content (AvgIpc) is 2.73. The molecule has 0 radical (unpaired) electrons. The number of carboxylic acids is 1. The molecule has 1 atom stereocenters. The summed E-state index contributed by atoms with van der Waals surface area (Å²) in [7, 11) is 1.64. The van der Waals surface area contributed by atoms with Crippen LogP contribution in [0.1, 0.15) is 29.2 Å². The van der Waals surface area contributed by atoms with Gasteiger partial charge in [0, 0.05) is 6.42 Å². The predicted molar refractivity (Wildman–Crippen MR) is 117 cm³/mol. The van der Waals surface area contributed by atoms with Gasteiger partial charge >= 0.3 is 5.97 Å². The zero-order chi connectivity index (χ0) is 20.9. The van der Waals surface area contributed by atoms with Crippen LogP contribution in [-0.2, 0) is 23.1 Å². The average molecular weight is 386 g/mol. The predicted octanol–water partition coefficient (Wildman–Crippen LogP) is 5.43. The Morgan fingerprint density at radius 1 is 0.966 bits per heavy atom. The van der Waals surface area contributed by atoms with Crippen molar-refractivity contribution in [1.29, 1.82) is 0 Å². The van der Waals surface area contributed by atoms with E-state index in [4.69, 9.17) is 4.74 Å². The molecule has 0 saturated carbocycles. The molecular weight excluding hydrogens is 360 g/mol. The van der Waals surface area contributed by atoms with Crippen molar-refractivity contribution in [1.82, 2.24) is 0 Å². The second-order valence-corrected chi connectivity index (χ2v) is 7.34. The Balaban J connectivity index is 2.11. The van der Waals surface area contributed by atoms with Gasteiger partial charge in [-0.25, -0.2) is 0 Å². The van der Waals surface area contributed by atoms with E-state index in [0.29, 0.717) is 24.0 Å². The summed E-state index contributed by atoms with van der Waals surface area (Å²) < 4.78 is 5.55. The van der Waals surface area contributed by atoms with E-state index in [9.17, 15) is 9.90 Å². The Morgan fingerprint density at radius 2 is 1.55 bits per heavy atom. The molecule has 0 aliphatic carbocycles. The molecule has 3 heteroatoms. The molecule has 29 heavy (non-hydrogen) atoms. The van der Waals surface area contributed by atoms with Gasteiger partial charge < -0.3 is 9.84 Å². The number of carboxylic acid groups (broad SMARTS) is 1. The van der Waals surface area contributed by atoms with E-state index >= 15 is 0 Å². The number of hydrogen-bond donors (Lipinski definition) is 1.